The van der Waals surface area contributed by atoms with E-state index >= 15 is 0 Å². The van der Waals surface area contributed by atoms with Crippen molar-refractivity contribution in [3.8, 4) is 6.07 Å². The highest BCUT2D eigenvalue weighted by Crippen LogP contribution is 2.32. The second kappa shape index (κ2) is 8.06. The lowest BCUT2D eigenvalue weighted by Crippen LogP contribution is -2.48. The average Bonchev–Trinajstić information content (AvgIpc) is 3.24. The lowest BCUT2D eigenvalue weighted by atomic mass is 10.0. The van der Waals surface area contributed by atoms with E-state index in [1.807, 2.05) is 18.2 Å². The second-order valence-corrected chi connectivity index (χ2v) is 7.78. The highest BCUT2D eigenvalue weighted by molar-refractivity contribution is 5.80. The minimum atomic E-state index is 0.187. The number of para-hydroxylation sites is 2. The second-order valence-electron chi connectivity index (χ2n) is 7.78. The summed E-state index contributed by atoms with van der Waals surface area (Å²) in [7, 11) is 0. The maximum absolute atomic E-state index is 9.46. The topological polar surface area (TPSA) is 46.1 Å². The zero-order chi connectivity index (χ0) is 20.3. The summed E-state index contributed by atoms with van der Waals surface area (Å²) in [5, 5.41) is 10.7. The van der Waals surface area contributed by atoms with E-state index in [1.54, 1.807) is 0 Å². The van der Waals surface area contributed by atoms with Gasteiger partial charge in [0, 0.05) is 37.4 Å². The molecule has 148 valence electrons. The molecule has 1 aliphatic rings. The van der Waals surface area contributed by atoms with E-state index in [2.05, 4.69) is 87.6 Å². The number of fused-ring (bicyclic) bond motifs is 1. The van der Waals surface area contributed by atoms with Gasteiger partial charge in [-0.3, -0.25) is 4.90 Å². The van der Waals surface area contributed by atoms with Crippen LogP contribution in [0.1, 0.15) is 22.9 Å². The molecule has 4 heteroatoms. The summed E-state index contributed by atoms with van der Waals surface area (Å²) in [6.45, 7) is 3.69. The van der Waals surface area contributed by atoms with Crippen LogP contribution in [0.4, 0.5) is 5.69 Å². The van der Waals surface area contributed by atoms with E-state index in [9.17, 15) is 5.26 Å². The Morgan fingerprint density at radius 3 is 2.27 bits per heavy atom. The van der Waals surface area contributed by atoms with E-state index in [4.69, 9.17) is 0 Å². The number of aromatic nitrogens is 1. The third-order valence-corrected chi connectivity index (χ3v) is 6.01. The summed E-state index contributed by atoms with van der Waals surface area (Å²) in [6.07, 6.45) is 0. The summed E-state index contributed by atoms with van der Waals surface area (Å²) < 4.78 is 0. The van der Waals surface area contributed by atoms with Gasteiger partial charge in [-0.25, -0.2) is 0 Å². The van der Waals surface area contributed by atoms with Gasteiger partial charge < -0.3 is 9.88 Å². The van der Waals surface area contributed by atoms with Gasteiger partial charge in [-0.05, 0) is 35.2 Å². The smallest absolute Gasteiger partial charge is 0.101 e. The van der Waals surface area contributed by atoms with Crippen molar-refractivity contribution in [3.05, 3.63) is 102 Å². The Morgan fingerprint density at radius 2 is 1.50 bits per heavy atom. The largest absolute Gasteiger partial charge is 0.368 e. The van der Waals surface area contributed by atoms with Crippen molar-refractivity contribution in [1.29, 1.82) is 5.26 Å². The summed E-state index contributed by atoms with van der Waals surface area (Å²) in [6, 6.07) is 31.9. The normalized spacial score (nSPS) is 15.8. The summed E-state index contributed by atoms with van der Waals surface area (Å²) in [4.78, 5) is 8.54. The molecule has 3 aromatic carbocycles. The fraction of sp³-hybridized carbons (Fsp3) is 0.192. The van der Waals surface area contributed by atoms with Crippen LogP contribution in [0.2, 0.25) is 0 Å². The van der Waals surface area contributed by atoms with Crippen LogP contribution >= 0.6 is 0 Å². The molecule has 1 saturated heterocycles. The third kappa shape index (κ3) is 3.45. The molecule has 4 aromatic rings. The lowest BCUT2D eigenvalue weighted by Gasteiger charge is -2.40. The fourth-order valence-corrected chi connectivity index (χ4v) is 4.53. The van der Waals surface area contributed by atoms with Gasteiger partial charge in [-0.15, -0.1) is 0 Å². The van der Waals surface area contributed by atoms with Crippen molar-refractivity contribution in [3.63, 3.8) is 0 Å². The SMILES string of the molecule is N#Cc1ccccc1N1CCN(C(c2ccccc2)c2cc3ccccc3[nH]2)CC1. The van der Waals surface area contributed by atoms with Crippen LogP contribution in [0.5, 0.6) is 0 Å². The molecule has 0 aliphatic carbocycles. The van der Waals surface area contributed by atoms with E-state index in [1.165, 1.54) is 22.2 Å². The van der Waals surface area contributed by atoms with Crippen LogP contribution in [0, 0.1) is 11.3 Å². The molecule has 0 amide bonds. The van der Waals surface area contributed by atoms with Crippen molar-refractivity contribution in [2.75, 3.05) is 31.1 Å². The third-order valence-electron chi connectivity index (χ3n) is 6.01. The quantitative estimate of drug-likeness (QED) is 0.534. The number of nitrogens with one attached hydrogen (secondary N) is 1. The average molecular weight is 393 g/mol. The molecular formula is C26H24N4. The van der Waals surface area contributed by atoms with Crippen LogP contribution in [-0.2, 0) is 0 Å². The molecule has 1 fully saturated rings. The minimum absolute atomic E-state index is 0.187. The van der Waals surface area contributed by atoms with Crippen molar-refractivity contribution < 1.29 is 0 Å². The molecule has 1 unspecified atom stereocenters. The number of nitrogens with zero attached hydrogens (tertiary/aromatic N) is 3. The van der Waals surface area contributed by atoms with Gasteiger partial charge in [0.2, 0.25) is 0 Å². The molecule has 2 heterocycles. The van der Waals surface area contributed by atoms with E-state index in [0.29, 0.717) is 0 Å². The first-order chi connectivity index (χ1) is 14.8. The van der Waals surface area contributed by atoms with Crippen LogP contribution in [0.25, 0.3) is 10.9 Å². The Labute approximate surface area is 177 Å². The molecule has 1 aromatic heterocycles. The number of rotatable bonds is 4. The minimum Gasteiger partial charge on any atom is -0.368 e. The van der Waals surface area contributed by atoms with Crippen LogP contribution in [-0.4, -0.2) is 36.1 Å². The van der Waals surface area contributed by atoms with E-state index in [0.717, 1.165) is 37.4 Å². The van der Waals surface area contributed by atoms with Gasteiger partial charge in [0.25, 0.3) is 0 Å². The number of H-pyrrole nitrogens is 1. The zero-order valence-corrected chi connectivity index (χ0v) is 16.8. The summed E-state index contributed by atoms with van der Waals surface area (Å²) in [5.74, 6) is 0. The number of hydrogen-bond donors (Lipinski definition) is 1. The standard InChI is InChI=1S/C26H24N4/c27-19-22-11-5-7-13-25(22)29-14-16-30(17-15-29)26(20-8-2-1-3-9-20)24-18-21-10-4-6-12-23(21)28-24/h1-13,18,26,28H,14-17H2. The number of nitriles is 1. The van der Waals surface area contributed by atoms with Crippen molar-refractivity contribution in [2.24, 2.45) is 0 Å². The predicted molar refractivity (Wildman–Crippen MR) is 122 cm³/mol. The molecule has 1 aliphatic heterocycles. The van der Waals surface area contributed by atoms with Crippen LogP contribution in [0.3, 0.4) is 0 Å². The summed E-state index contributed by atoms with van der Waals surface area (Å²) in [5.41, 5.74) is 5.50. The number of piperazine rings is 1. The van der Waals surface area contributed by atoms with Gasteiger partial charge in [-0.1, -0.05) is 60.7 Å². The molecule has 5 rings (SSSR count). The molecule has 1 N–H and O–H groups in total. The Bertz CT molecular complexity index is 1150. The van der Waals surface area contributed by atoms with Gasteiger partial charge in [-0.2, -0.15) is 5.26 Å². The molecule has 0 radical (unpaired) electrons. The Kier molecular flexibility index (Phi) is 4.96. The van der Waals surface area contributed by atoms with Crippen LogP contribution in [0.15, 0.2) is 84.9 Å². The molecular weight excluding hydrogens is 368 g/mol. The highest BCUT2D eigenvalue weighted by atomic mass is 15.3. The first-order valence-corrected chi connectivity index (χ1v) is 10.4. The number of aromatic amines is 1. The Hall–Kier alpha value is -3.55. The Morgan fingerprint density at radius 1 is 0.800 bits per heavy atom. The lowest BCUT2D eigenvalue weighted by molar-refractivity contribution is 0.210. The first kappa shape index (κ1) is 18.5. The molecule has 0 spiro atoms. The van der Waals surface area contributed by atoms with E-state index in [-0.39, 0.29) is 6.04 Å². The number of hydrogen-bond acceptors (Lipinski definition) is 3. The molecule has 0 saturated carbocycles. The van der Waals surface area contributed by atoms with Gasteiger partial charge in [0.1, 0.15) is 6.07 Å². The van der Waals surface area contributed by atoms with Crippen LogP contribution < -0.4 is 4.90 Å². The van der Waals surface area contributed by atoms with Crippen molar-refractivity contribution >= 4 is 16.6 Å². The number of anilines is 1. The predicted octanol–water partition coefficient (Wildman–Crippen LogP) is 4.95. The summed E-state index contributed by atoms with van der Waals surface area (Å²) >= 11 is 0. The van der Waals surface area contributed by atoms with Crippen molar-refractivity contribution in [2.45, 2.75) is 6.04 Å². The molecule has 1 atom stereocenters. The van der Waals surface area contributed by atoms with Gasteiger partial charge in [0.15, 0.2) is 0 Å². The fourth-order valence-electron chi connectivity index (χ4n) is 4.53. The molecule has 0 bridgehead atoms. The molecule has 30 heavy (non-hydrogen) atoms. The maximum atomic E-state index is 9.46. The van der Waals surface area contributed by atoms with Crippen molar-refractivity contribution in [1.82, 2.24) is 9.88 Å². The Balaban J connectivity index is 1.44. The van der Waals surface area contributed by atoms with Gasteiger partial charge >= 0.3 is 0 Å². The maximum Gasteiger partial charge on any atom is 0.101 e. The highest BCUT2D eigenvalue weighted by Gasteiger charge is 2.28. The monoisotopic (exact) mass is 392 g/mol. The molecule has 4 nitrogen and oxygen atoms in total. The van der Waals surface area contributed by atoms with Gasteiger partial charge in [0.05, 0.1) is 17.3 Å². The number of benzene rings is 3. The first-order valence-electron chi connectivity index (χ1n) is 10.4. The van der Waals surface area contributed by atoms with E-state index < -0.39 is 0 Å². The zero-order valence-electron chi connectivity index (χ0n) is 16.8.